The molecule has 0 radical (unpaired) electrons. The molecule has 1 aromatic carbocycles. The first-order valence-corrected chi connectivity index (χ1v) is 6.01. The van der Waals surface area contributed by atoms with E-state index in [0.717, 1.165) is 6.42 Å². The molecule has 0 unspecified atom stereocenters. The predicted molar refractivity (Wildman–Crippen MR) is 65.5 cm³/mol. The molecule has 0 saturated carbocycles. The fraction of sp³-hybridized carbons (Fsp3) is 0.500. The molecule has 1 aliphatic heterocycles. The van der Waals surface area contributed by atoms with Gasteiger partial charge in [0.2, 0.25) is 0 Å². The summed E-state index contributed by atoms with van der Waals surface area (Å²) in [4.78, 5) is 0. The molecule has 18 heavy (non-hydrogen) atoms. The zero-order chi connectivity index (χ0) is 13.2. The first kappa shape index (κ1) is 12.7. The van der Waals surface area contributed by atoms with Gasteiger partial charge in [-0.15, -0.1) is 0 Å². The minimum atomic E-state index is -1.50. The van der Waals surface area contributed by atoms with Crippen molar-refractivity contribution in [1.29, 1.82) is 5.26 Å². The van der Waals surface area contributed by atoms with Crippen LogP contribution in [0.25, 0.3) is 0 Å². The molecule has 0 spiro atoms. The van der Waals surface area contributed by atoms with Crippen molar-refractivity contribution in [3.8, 4) is 17.6 Å². The van der Waals surface area contributed by atoms with Crippen LogP contribution in [0.2, 0.25) is 0 Å². The number of ether oxygens (including phenoxy) is 2. The fourth-order valence-corrected chi connectivity index (χ4v) is 2.04. The Morgan fingerprint density at radius 3 is 2.44 bits per heavy atom. The van der Waals surface area contributed by atoms with E-state index in [-0.39, 0.29) is 6.42 Å². The molecule has 0 fully saturated rings. The van der Waals surface area contributed by atoms with E-state index in [0.29, 0.717) is 35.8 Å². The van der Waals surface area contributed by atoms with Crippen LogP contribution in [0, 0.1) is 11.3 Å². The summed E-state index contributed by atoms with van der Waals surface area (Å²) in [7, 11) is 0. The standard InChI is InChI=1S/C14H16FNO2/c1-14(2,15)11-9-13-12(8-10(11)4-5-16)17-6-3-7-18-13/h8-9H,3-4,6-7H2,1-2H3. The summed E-state index contributed by atoms with van der Waals surface area (Å²) in [5.74, 6) is 1.17. The molecule has 1 aliphatic rings. The third-order valence-corrected chi connectivity index (χ3v) is 2.88. The van der Waals surface area contributed by atoms with E-state index in [2.05, 4.69) is 6.07 Å². The summed E-state index contributed by atoms with van der Waals surface area (Å²) >= 11 is 0. The lowest BCUT2D eigenvalue weighted by Crippen LogP contribution is -2.13. The van der Waals surface area contributed by atoms with E-state index in [4.69, 9.17) is 14.7 Å². The van der Waals surface area contributed by atoms with Crippen molar-refractivity contribution in [2.75, 3.05) is 13.2 Å². The molecule has 0 bridgehead atoms. The van der Waals surface area contributed by atoms with Crippen LogP contribution in [-0.2, 0) is 12.1 Å². The molecule has 96 valence electrons. The van der Waals surface area contributed by atoms with E-state index in [1.54, 1.807) is 12.1 Å². The van der Waals surface area contributed by atoms with Gasteiger partial charge in [0.25, 0.3) is 0 Å². The molecular formula is C14H16FNO2. The second kappa shape index (κ2) is 4.85. The number of rotatable bonds is 2. The number of benzene rings is 1. The summed E-state index contributed by atoms with van der Waals surface area (Å²) in [6.07, 6.45) is 0.968. The molecule has 2 rings (SSSR count). The second-order valence-corrected chi connectivity index (χ2v) is 4.81. The maximum absolute atomic E-state index is 14.2. The van der Waals surface area contributed by atoms with Crippen LogP contribution in [0.1, 0.15) is 31.4 Å². The van der Waals surface area contributed by atoms with Crippen molar-refractivity contribution < 1.29 is 13.9 Å². The Morgan fingerprint density at radius 2 is 1.89 bits per heavy atom. The van der Waals surface area contributed by atoms with E-state index < -0.39 is 5.67 Å². The van der Waals surface area contributed by atoms with E-state index in [1.807, 2.05) is 0 Å². The number of hydrogen-bond donors (Lipinski definition) is 0. The Morgan fingerprint density at radius 1 is 1.28 bits per heavy atom. The number of nitriles is 1. The van der Waals surface area contributed by atoms with Gasteiger partial charge in [0.05, 0.1) is 25.7 Å². The van der Waals surface area contributed by atoms with Crippen molar-refractivity contribution in [2.24, 2.45) is 0 Å². The third-order valence-electron chi connectivity index (χ3n) is 2.88. The first-order chi connectivity index (χ1) is 8.52. The minimum absolute atomic E-state index is 0.166. The Hall–Kier alpha value is -1.76. The lowest BCUT2D eigenvalue weighted by Gasteiger charge is -2.20. The van der Waals surface area contributed by atoms with Gasteiger partial charge in [-0.1, -0.05) is 0 Å². The maximum atomic E-state index is 14.2. The van der Waals surface area contributed by atoms with Gasteiger partial charge in [-0.05, 0) is 37.1 Å². The summed E-state index contributed by atoms with van der Waals surface area (Å²) in [6.45, 7) is 4.11. The van der Waals surface area contributed by atoms with Gasteiger partial charge < -0.3 is 9.47 Å². The highest BCUT2D eigenvalue weighted by molar-refractivity contribution is 5.50. The maximum Gasteiger partial charge on any atom is 0.161 e. The summed E-state index contributed by atoms with van der Waals surface area (Å²) < 4.78 is 25.3. The van der Waals surface area contributed by atoms with Crippen molar-refractivity contribution in [1.82, 2.24) is 0 Å². The lowest BCUT2D eigenvalue weighted by molar-refractivity contribution is 0.218. The van der Waals surface area contributed by atoms with Gasteiger partial charge >= 0.3 is 0 Å². The molecule has 0 aliphatic carbocycles. The van der Waals surface area contributed by atoms with Crippen LogP contribution in [0.4, 0.5) is 4.39 Å². The van der Waals surface area contributed by atoms with Crippen LogP contribution < -0.4 is 9.47 Å². The molecule has 0 amide bonds. The van der Waals surface area contributed by atoms with Gasteiger partial charge in [-0.3, -0.25) is 0 Å². The summed E-state index contributed by atoms with van der Waals surface area (Å²) in [6, 6.07) is 5.44. The Kier molecular flexibility index (Phi) is 3.42. The van der Waals surface area contributed by atoms with Crippen LogP contribution in [-0.4, -0.2) is 13.2 Å². The van der Waals surface area contributed by atoms with Crippen molar-refractivity contribution in [3.05, 3.63) is 23.3 Å². The minimum Gasteiger partial charge on any atom is -0.490 e. The smallest absolute Gasteiger partial charge is 0.161 e. The molecular weight excluding hydrogens is 233 g/mol. The highest BCUT2D eigenvalue weighted by Crippen LogP contribution is 2.38. The molecule has 0 aromatic heterocycles. The molecule has 0 atom stereocenters. The first-order valence-electron chi connectivity index (χ1n) is 6.01. The van der Waals surface area contributed by atoms with Gasteiger partial charge in [-0.25, -0.2) is 4.39 Å². The monoisotopic (exact) mass is 249 g/mol. The quantitative estimate of drug-likeness (QED) is 0.808. The Labute approximate surface area is 106 Å². The second-order valence-electron chi connectivity index (χ2n) is 4.81. The van der Waals surface area contributed by atoms with E-state index in [9.17, 15) is 4.39 Å². The SMILES string of the molecule is CC(C)(F)c1cc2c(cc1CC#N)OCCCO2. The van der Waals surface area contributed by atoms with Gasteiger partial charge in [0.1, 0.15) is 5.67 Å². The molecule has 1 aromatic rings. The van der Waals surface area contributed by atoms with Crippen LogP contribution in [0.15, 0.2) is 12.1 Å². The molecule has 3 nitrogen and oxygen atoms in total. The van der Waals surface area contributed by atoms with Crippen molar-refractivity contribution in [3.63, 3.8) is 0 Å². The highest BCUT2D eigenvalue weighted by Gasteiger charge is 2.25. The van der Waals surface area contributed by atoms with E-state index in [1.165, 1.54) is 13.8 Å². The summed E-state index contributed by atoms with van der Waals surface area (Å²) in [5, 5.41) is 8.82. The van der Waals surface area contributed by atoms with E-state index >= 15 is 0 Å². The van der Waals surface area contributed by atoms with Crippen LogP contribution >= 0.6 is 0 Å². The number of halogens is 1. The highest BCUT2D eigenvalue weighted by atomic mass is 19.1. The zero-order valence-corrected chi connectivity index (χ0v) is 10.6. The lowest BCUT2D eigenvalue weighted by atomic mass is 9.92. The number of alkyl halides is 1. The zero-order valence-electron chi connectivity index (χ0n) is 10.6. The Balaban J connectivity index is 2.51. The topological polar surface area (TPSA) is 42.2 Å². The average Bonchev–Trinajstić information content (AvgIpc) is 2.51. The fourth-order valence-electron chi connectivity index (χ4n) is 2.04. The largest absolute Gasteiger partial charge is 0.490 e. The Bertz CT molecular complexity index is 486. The number of hydrogen-bond acceptors (Lipinski definition) is 3. The normalized spacial score (nSPS) is 14.8. The molecule has 4 heteroatoms. The molecule has 1 heterocycles. The average molecular weight is 249 g/mol. The third kappa shape index (κ3) is 2.56. The van der Waals surface area contributed by atoms with Crippen molar-refractivity contribution in [2.45, 2.75) is 32.4 Å². The molecule has 0 N–H and O–H groups in total. The van der Waals surface area contributed by atoms with Gasteiger partial charge in [-0.2, -0.15) is 5.26 Å². The summed E-state index contributed by atoms with van der Waals surface area (Å²) in [5.41, 5.74) is -0.348. The van der Waals surface area contributed by atoms with Crippen LogP contribution in [0.5, 0.6) is 11.5 Å². The molecule has 0 saturated heterocycles. The van der Waals surface area contributed by atoms with Gasteiger partial charge in [0.15, 0.2) is 11.5 Å². The van der Waals surface area contributed by atoms with Crippen molar-refractivity contribution >= 4 is 0 Å². The van der Waals surface area contributed by atoms with Crippen LogP contribution in [0.3, 0.4) is 0 Å². The van der Waals surface area contributed by atoms with Gasteiger partial charge in [0, 0.05) is 6.42 Å². The predicted octanol–water partition coefficient (Wildman–Crippen LogP) is 3.12. The number of fused-ring (bicyclic) bond motifs is 1. The number of nitrogens with zero attached hydrogens (tertiary/aromatic N) is 1.